The predicted molar refractivity (Wildman–Crippen MR) is 91.9 cm³/mol. The third kappa shape index (κ3) is 4.69. The van der Waals surface area contributed by atoms with Gasteiger partial charge in [0.1, 0.15) is 0 Å². The highest BCUT2D eigenvalue weighted by molar-refractivity contribution is 5.44. The first-order chi connectivity index (χ1) is 11.3. The Morgan fingerprint density at radius 2 is 1.61 bits per heavy atom. The summed E-state index contributed by atoms with van der Waals surface area (Å²) in [5, 5.41) is 7.55. The second-order valence-electron chi connectivity index (χ2n) is 5.55. The van der Waals surface area contributed by atoms with E-state index in [1.807, 2.05) is 42.3 Å². The van der Waals surface area contributed by atoms with Crippen molar-refractivity contribution >= 4 is 5.69 Å². The van der Waals surface area contributed by atoms with Gasteiger partial charge in [-0.1, -0.05) is 42.5 Å². The van der Waals surface area contributed by atoms with Crippen LogP contribution in [0.1, 0.15) is 16.7 Å². The molecule has 0 radical (unpaired) electrons. The summed E-state index contributed by atoms with van der Waals surface area (Å²) in [5.74, 6) is 0. The highest BCUT2D eigenvalue weighted by atomic mass is 16.5. The lowest BCUT2D eigenvalue weighted by Crippen LogP contribution is -1.99. The number of nitrogens with zero attached hydrogens (tertiary/aromatic N) is 2. The Labute approximate surface area is 136 Å². The monoisotopic (exact) mass is 307 g/mol. The summed E-state index contributed by atoms with van der Waals surface area (Å²) in [6.07, 6.45) is 3.89. The molecule has 0 spiro atoms. The average Bonchev–Trinajstić information content (AvgIpc) is 3.01. The molecule has 3 rings (SSSR count). The van der Waals surface area contributed by atoms with E-state index in [0.717, 1.165) is 12.2 Å². The zero-order valence-corrected chi connectivity index (χ0v) is 13.3. The summed E-state index contributed by atoms with van der Waals surface area (Å²) in [4.78, 5) is 0. The fraction of sp³-hybridized carbons (Fsp3) is 0.211. The summed E-state index contributed by atoms with van der Waals surface area (Å²) in [5.41, 5.74) is 4.64. The lowest BCUT2D eigenvalue weighted by molar-refractivity contribution is 0.107. The smallest absolute Gasteiger partial charge is 0.0721 e. The molecule has 4 nitrogen and oxygen atoms in total. The van der Waals surface area contributed by atoms with E-state index in [9.17, 15) is 0 Å². The minimum absolute atomic E-state index is 0.623. The van der Waals surface area contributed by atoms with E-state index in [1.54, 1.807) is 0 Å². The number of hydrogen-bond acceptors (Lipinski definition) is 3. The van der Waals surface area contributed by atoms with Gasteiger partial charge in [-0.2, -0.15) is 5.10 Å². The lowest BCUT2D eigenvalue weighted by atomic mass is 10.2. The molecule has 0 bridgehead atoms. The Hall–Kier alpha value is -2.59. The average molecular weight is 307 g/mol. The Balaban J connectivity index is 1.45. The molecule has 0 saturated heterocycles. The van der Waals surface area contributed by atoms with Crippen molar-refractivity contribution in [1.29, 1.82) is 0 Å². The normalized spacial score (nSPS) is 10.7. The molecule has 0 atom stereocenters. The molecule has 1 N–H and O–H groups in total. The minimum atomic E-state index is 0.623. The molecule has 23 heavy (non-hydrogen) atoms. The molecule has 0 aliphatic heterocycles. The third-order valence-corrected chi connectivity index (χ3v) is 3.59. The SMILES string of the molecule is Cn1cc(CNc2ccc(COCc3ccccc3)cc2)cn1. The summed E-state index contributed by atoms with van der Waals surface area (Å²) in [7, 11) is 1.92. The van der Waals surface area contributed by atoms with Crippen LogP contribution < -0.4 is 5.32 Å². The van der Waals surface area contributed by atoms with Gasteiger partial charge in [0.05, 0.1) is 19.4 Å². The van der Waals surface area contributed by atoms with Gasteiger partial charge < -0.3 is 10.1 Å². The molecule has 0 amide bonds. The van der Waals surface area contributed by atoms with Crippen LogP contribution in [0, 0.1) is 0 Å². The van der Waals surface area contributed by atoms with Gasteiger partial charge in [0.25, 0.3) is 0 Å². The number of benzene rings is 2. The van der Waals surface area contributed by atoms with Crippen molar-refractivity contribution < 1.29 is 4.74 Å². The largest absolute Gasteiger partial charge is 0.381 e. The van der Waals surface area contributed by atoms with Crippen LogP contribution in [0.3, 0.4) is 0 Å². The van der Waals surface area contributed by atoms with E-state index in [-0.39, 0.29) is 0 Å². The molecule has 0 saturated carbocycles. The number of ether oxygens (including phenoxy) is 1. The van der Waals surface area contributed by atoms with E-state index < -0.39 is 0 Å². The van der Waals surface area contributed by atoms with Crippen LogP contribution in [0.5, 0.6) is 0 Å². The van der Waals surface area contributed by atoms with Crippen LogP contribution in [0.2, 0.25) is 0 Å². The van der Waals surface area contributed by atoms with Gasteiger partial charge in [-0.15, -0.1) is 0 Å². The van der Waals surface area contributed by atoms with Crippen molar-refractivity contribution in [3.63, 3.8) is 0 Å². The van der Waals surface area contributed by atoms with Crippen molar-refractivity contribution in [2.75, 3.05) is 5.32 Å². The fourth-order valence-corrected chi connectivity index (χ4v) is 2.35. The molecular formula is C19H21N3O. The molecule has 1 aromatic heterocycles. The van der Waals surface area contributed by atoms with Gasteiger partial charge in [-0.05, 0) is 23.3 Å². The Morgan fingerprint density at radius 1 is 0.913 bits per heavy atom. The Morgan fingerprint density at radius 3 is 2.26 bits per heavy atom. The summed E-state index contributed by atoms with van der Waals surface area (Å²) in [6, 6.07) is 18.6. The van der Waals surface area contributed by atoms with Gasteiger partial charge in [0.15, 0.2) is 0 Å². The van der Waals surface area contributed by atoms with E-state index in [1.165, 1.54) is 16.7 Å². The number of rotatable bonds is 7. The fourth-order valence-electron chi connectivity index (χ4n) is 2.35. The van der Waals surface area contributed by atoms with Gasteiger partial charge >= 0.3 is 0 Å². The molecule has 0 aliphatic carbocycles. The Kier molecular flexibility index (Phi) is 5.06. The standard InChI is InChI=1S/C19H21N3O/c1-22-13-18(12-21-22)11-20-19-9-7-17(8-10-19)15-23-14-16-5-3-2-4-6-16/h2-10,12-13,20H,11,14-15H2,1H3. The van der Waals surface area contributed by atoms with E-state index in [0.29, 0.717) is 13.2 Å². The first-order valence-corrected chi connectivity index (χ1v) is 7.71. The van der Waals surface area contributed by atoms with Crippen LogP contribution in [0.4, 0.5) is 5.69 Å². The van der Waals surface area contributed by atoms with Crippen molar-refractivity contribution in [3.8, 4) is 0 Å². The number of nitrogens with one attached hydrogen (secondary N) is 1. The Bertz CT molecular complexity index is 720. The van der Waals surface area contributed by atoms with Gasteiger partial charge in [0, 0.05) is 31.0 Å². The van der Waals surface area contributed by atoms with Crippen LogP contribution >= 0.6 is 0 Å². The number of anilines is 1. The molecule has 4 heteroatoms. The first-order valence-electron chi connectivity index (χ1n) is 7.71. The van der Waals surface area contributed by atoms with Gasteiger partial charge in [0.2, 0.25) is 0 Å². The predicted octanol–water partition coefficient (Wildman–Crippen LogP) is 3.75. The molecule has 118 valence electrons. The molecular weight excluding hydrogens is 286 g/mol. The van der Waals surface area contributed by atoms with Crippen LogP contribution in [0.25, 0.3) is 0 Å². The van der Waals surface area contributed by atoms with Crippen LogP contribution in [-0.4, -0.2) is 9.78 Å². The van der Waals surface area contributed by atoms with Crippen LogP contribution in [-0.2, 0) is 31.5 Å². The van der Waals surface area contributed by atoms with Crippen LogP contribution in [0.15, 0.2) is 67.0 Å². The highest BCUT2D eigenvalue weighted by Crippen LogP contribution is 2.12. The second kappa shape index (κ2) is 7.61. The molecule has 3 aromatic rings. The summed E-state index contributed by atoms with van der Waals surface area (Å²) >= 11 is 0. The van der Waals surface area contributed by atoms with Gasteiger partial charge in [-0.3, -0.25) is 4.68 Å². The summed E-state index contributed by atoms with van der Waals surface area (Å²) < 4.78 is 7.56. The van der Waals surface area contributed by atoms with E-state index in [4.69, 9.17) is 4.74 Å². The number of hydrogen-bond donors (Lipinski definition) is 1. The molecule has 1 heterocycles. The van der Waals surface area contributed by atoms with Gasteiger partial charge in [-0.25, -0.2) is 0 Å². The van der Waals surface area contributed by atoms with Crippen molar-refractivity contribution in [1.82, 2.24) is 9.78 Å². The maximum Gasteiger partial charge on any atom is 0.0721 e. The lowest BCUT2D eigenvalue weighted by Gasteiger charge is -2.07. The van der Waals surface area contributed by atoms with E-state index in [2.05, 4.69) is 46.8 Å². The van der Waals surface area contributed by atoms with Crippen molar-refractivity contribution in [3.05, 3.63) is 83.7 Å². The van der Waals surface area contributed by atoms with E-state index >= 15 is 0 Å². The van der Waals surface area contributed by atoms with Crippen molar-refractivity contribution in [2.45, 2.75) is 19.8 Å². The topological polar surface area (TPSA) is 39.1 Å². The summed E-state index contributed by atoms with van der Waals surface area (Å²) in [6.45, 7) is 2.04. The number of aromatic nitrogens is 2. The minimum Gasteiger partial charge on any atom is -0.381 e. The zero-order valence-electron chi connectivity index (χ0n) is 13.3. The molecule has 2 aromatic carbocycles. The third-order valence-electron chi connectivity index (χ3n) is 3.59. The quantitative estimate of drug-likeness (QED) is 0.722. The number of aryl methyl sites for hydroxylation is 1. The zero-order chi connectivity index (χ0) is 15.9. The molecule has 0 aliphatic rings. The maximum absolute atomic E-state index is 5.75. The first kappa shape index (κ1) is 15.3. The van der Waals surface area contributed by atoms with Crippen molar-refractivity contribution in [2.24, 2.45) is 7.05 Å². The molecule has 0 fully saturated rings. The maximum atomic E-state index is 5.75. The molecule has 0 unspecified atom stereocenters. The highest BCUT2D eigenvalue weighted by Gasteiger charge is 1.98. The second-order valence-corrected chi connectivity index (χ2v) is 5.55.